The highest BCUT2D eigenvalue weighted by molar-refractivity contribution is 9.10. The van der Waals surface area contributed by atoms with E-state index in [-0.39, 0.29) is 12.3 Å². The molecule has 20 heavy (non-hydrogen) atoms. The first kappa shape index (κ1) is 14.5. The quantitative estimate of drug-likeness (QED) is 0.626. The number of benzene rings is 1. The number of nitro groups is 1. The molecule has 5 nitrogen and oxygen atoms in total. The Morgan fingerprint density at radius 1 is 1.30 bits per heavy atom. The highest BCUT2D eigenvalue weighted by atomic mass is 79.9. The Bertz CT molecular complexity index is 659. The van der Waals surface area contributed by atoms with Gasteiger partial charge in [-0.3, -0.25) is 15.1 Å². The van der Waals surface area contributed by atoms with E-state index < -0.39 is 4.92 Å². The maximum atomic E-state index is 11.1. The second-order valence-electron chi connectivity index (χ2n) is 4.49. The first-order chi connectivity index (χ1) is 9.47. The van der Waals surface area contributed by atoms with Crippen LogP contribution in [-0.4, -0.2) is 9.91 Å². The average Bonchev–Trinajstić information content (AvgIpc) is 2.36. The van der Waals surface area contributed by atoms with Crippen LogP contribution in [-0.2, 0) is 6.61 Å². The Balaban J connectivity index is 2.27. The molecule has 0 atom stereocenters. The third kappa shape index (κ3) is 3.33. The molecule has 0 amide bonds. The fourth-order valence-corrected chi connectivity index (χ4v) is 2.36. The predicted octanol–water partition coefficient (Wildman–Crippen LogP) is 3.95. The van der Waals surface area contributed by atoms with E-state index >= 15 is 0 Å². The van der Waals surface area contributed by atoms with Gasteiger partial charge in [0.05, 0.1) is 4.92 Å². The van der Waals surface area contributed by atoms with Crippen molar-refractivity contribution < 1.29 is 9.66 Å². The molecule has 0 radical (unpaired) electrons. The van der Waals surface area contributed by atoms with Crippen LogP contribution in [0.2, 0.25) is 0 Å². The van der Waals surface area contributed by atoms with Crippen LogP contribution in [0.3, 0.4) is 0 Å². The van der Waals surface area contributed by atoms with Gasteiger partial charge in [0.2, 0.25) is 0 Å². The largest absolute Gasteiger partial charge is 0.482 e. The van der Waals surface area contributed by atoms with Crippen molar-refractivity contribution in [2.75, 3.05) is 0 Å². The minimum Gasteiger partial charge on any atom is -0.482 e. The maximum absolute atomic E-state index is 11.1. The molecule has 2 rings (SSSR count). The molecule has 0 unspecified atom stereocenters. The first-order valence-electron chi connectivity index (χ1n) is 5.95. The molecule has 0 saturated heterocycles. The number of nitro benzene ring substituents is 1. The second kappa shape index (κ2) is 6.00. The maximum Gasteiger partial charge on any atom is 0.311 e. The molecular weight excluding hydrogens is 324 g/mol. The Kier molecular flexibility index (Phi) is 4.34. The van der Waals surface area contributed by atoms with Gasteiger partial charge in [0.25, 0.3) is 0 Å². The number of halogens is 1. The van der Waals surface area contributed by atoms with Gasteiger partial charge >= 0.3 is 5.69 Å². The summed E-state index contributed by atoms with van der Waals surface area (Å²) in [6, 6.07) is 5.24. The van der Waals surface area contributed by atoms with Crippen LogP contribution in [0.1, 0.15) is 16.7 Å². The van der Waals surface area contributed by atoms with Crippen molar-refractivity contribution in [3.63, 3.8) is 0 Å². The molecule has 0 fully saturated rings. The van der Waals surface area contributed by atoms with Crippen molar-refractivity contribution in [2.24, 2.45) is 0 Å². The summed E-state index contributed by atoms with van der Waals surface area (Å²) in [5, 5.41) is 11.1. The number of hydrogen-bond donors (Lipinski definition) is 0. The first-order valence-corrected chi connectivity index (χ1v) is 6.74. The lowest BCUT2D eigenvalue weighted by atomic mass is 10.1. The highest BCUT2D eigenvalue weighted by Gasteiger charge is 2.18. The lowest BCUT2D eigenvalue weighted by Crippen LogP contribution is -2.02. The molecule has 0 aliphatic rings. The lowest BCUT2D eigenvalue weighted by molar-refractivity contribution is -0.386. The van der Waals surface area contributed by atoms with E-state index in [1.807, 2.05) is 19.1 Å². The van der Waals surface area contributed by atoms with Crippen LogP contribution in [0.15, 0.2) is 35.1 Å². The zero-order valence-electron chi connectivity index (χ0n) is 11.1. The van der Waals surface area contributed by atoms with Gasteiger partial charge in [0.15, 0.2) is 5.75 Å². The van der Waals surface area contributed by atoms with Gasteiger partial charge in [-0.25, -0.2) is 0 Å². The van der Waals surface area contributed by atoms with Gasteiger partial charge in [0, 0.05) is 28.5 Å². The predicted molar refractivity (Wildman–Crippen MR) is 78.8 cm³/mol. The van der Waals surface area contributed by atoms with E-state index in [1.165, 1.54) is 6.07 Å². The fourth-order valence-electron chi connectivity index (χ4n) is 1.95. The summed E-state index contributed by atoms with van der Waals surface area (Å²) in [6.07, 6.45) is 3.34. The molecule has 104 valence electrons. The smallest absolute Gasteiger partial charge is 0.311 e. The van der Waals surface area contributed by atoms with Crippen molar-refractivity contribution >= 4 is 21.6 Å². The summed E-state index contributed by atoms with van der Waals surface area (Å²) in [4.78, 5) is 14.7. The van der Waals surface area contributed by atoms with Gasteiger partial charge in [0.1, 0.15) is 6.61 Å². The van der Waals surface area contributed by atoms with Gasteiger partial charge in [-0.1, -0.05) is 6.07 Å². The molecule has 0 aliphatic carbocycles. The van der Waals surface area contributed by atoms with E-state index in [9.17, 15) is 10.1 Å². The summed E-state index contributed by atoms with van der Waals surface area (Å²) in [6.45, 7) is 3.85. The molecule has 1 aromatic heterocycles. The molecule has 0 N–H and O–H groups in total. The molecule has 1 heterocycles. The minimum absolute atomic E-state index is 0.00884. The third-order valence-corrected chi connectivity index (χ3v) is 3.17. The molecule has 0 aliphatic heterocycles. The van der Waals surface area contributed by atoms with Crippen molar-refractivity contribution in [1.29, 1.82) is 0 Å². The summed E-state index contributed by atoms with van der Waals surface area (Å²) in [5.41, 5.74) is 2.42. The third-order valence-electron chi connectivity index (χ3n) is 2.74. The van der Waals surface area contributed by atoms with Crippen molar-refractivity contribution in [1.82, 2.24) is 4.98 Å². The Morgan fingerprint density at radius 2 is 2.05 bits per heavy atom. The minimum atomic E-state index is -0.422. The van der Waals surface area contributed by atoms with Crippen molar-refractivity contribution in [3.05, 3.63) is 61.9 Å². The topological polar surface area (TPSA) is 65.3 Å². The van der Waals surface area contributed by atoms with E-state index in [2.05, 4.69) is 20.9 Å². The number of pyridine rings is 1. The summed E-state index contributed by atoms with van der Waals surface area (Å²) in [5.74, 6) is 0.306. The van der Waals surface area contributed by atoms with Gasteiger partial charge in [-0.05, 0) is 47.0 Å². The zero-order valence-corrected chi connectivity index (χ0v) is 12.7. The number of aromatic nitrogens is 1. The van der Waals surface area contributed by atoms with Crippen LogP contribution in [0, 0.1) is 24.0 Å². The summed E-state index contributed by atoms with van der Waals surface area (Å²) in [7, 11) is 0. The molecular formula is C14H13BrN2O3. The van der Waals surface area contributed by atoms with Crippen LogP contribution in [0.4, 0.5) is 5.69 Å². The SMILES string of the molecule is Cc1cc(C)c(OCc2cncc(Br)c2)c([N+](=O)[O-])c1. The molecule has 6 heteroatoms. The van der Waals surface area contributed by atoms with E-state index in [4.69, 9.17) is 4.74 Å². The monoisotopic (exact) mass is 336 g/mol. The van der Waals surface area contributed by atoms with Gasteiger partial charge in [-0.15, -0.1) is 0 Å². The number of rotatable bonds is 4. The Morgan fingerprint density at radius 3 is 2.70 bits per heavy atom. The van der Waals surface area contributed by atoms with Crippen LogP contribution in [0.5, 0.6) is 5.75 Å². The Labute approximate surface area is 124 Å². The van der Waals surface area contributed by atoms with E-state index in [1.54, 1.807) is 19.3 Å². The van der Waals surface area contributed by atoms with Crippen molar-refractivity contribution in [3.8, 4) is 5.75 Å². The second-order valence-corrected chi connectivity index (χ2v) is 5.40. The van der Waals surface area contributed by atoms with Gasteiger partial charge in [-0.2, -0.15) is 0 Å². The van der Waals surface area contributed by atoms with Crippen LogP contribution >= 0.6 is 15.9 Å². The average molecular weight is 337 g/mol. The van der Waals surface area contributed by atoms with Gasteiger partial charge < -0.3 is 4.74 Å². The standard InChI is InChI=1S/C14H13BrN2O3/c1-9-3-10(2)14(13(4-9)17(18)19)20-8-11-5-12(15)7-16-6-11/h3-7H,8H2,1-2H3. The zero-order chi connectivity index (χ0) is 14.7. The molecule has 0 spiro atoms. The van der Waals surface area contributed by atoms with Crippen molar-refractivity contribution in [2.45, 2.75) is 20.5 Å². The summed E-state index contributed by atoms with van der Waals surface area (Å²) < 4.78 is 6.46. The molecule has 1 aromatic carbocycles. The molecule has 2 aromatic rings. The highest BCUT2D eigenvalue weighted by Crippen LogP contribution is 2.32. The number of nitrogens with zero attached hydrogens (tertiary/aromatic N) is 2. The van der Waals surface area contributed by atoms with E-state index in [0.29, 0.717) is 5.75 Å². The summed E-state index contributed by atoms with van der Waals surface area (Å²) >= 11 is 3.32. The van der Waals surface area contributed by atoms with Crippen LogP contribution < -0.4 is 4.74 Å². The van der Waals surface area contributed by atoms with Crippen LogP contribution in [0.25, 0.3) is 0 Å². The molecule has 0 bridgehead atoms. The fraction of sp³-hybridized carbons (Fsp3) is 0.214. The molecule has 0 saturated carbocycles. The Hall–Kier alpha value is -1.95. The lowest BCUT2D eigenvalue weighted by Gasteiger charge is -2.10. The normalized spacial score (nSPS) is 10.3. The number of hydrogen-bond acceptors (Lipinski definition) is 4. The number of ether oxygens (including phenoxy) is 1. The number of aryl methyl sites for hydroxylation is 2. The van der Waals surface area contributed by atoms with E-state index in [0.717, 1.165) is 21.2 Å².